The van der Waals surface area contributed by atoms with Crippen LogP contribution < -0.4 is 10.2 Å². The van der Waals surface area contributed by atoms with Crippen molar-refractivity contribution in [2.24, 2.45) is 0 Å². The van der Waals surface area contributed by atoms with Crippen LogP contribution in [0.15, 0.2) is 42.6 Å². The minimum Gasteiger partial charge on any atom is -0.459 e. The van der Waals surface area contributed by atoms with Crippen molar-refractivity contribution < 1.29 is 9.53 Å². The van der Waals surface area contributed by atoms with Crippen molar-refractivity contribution in [2.45, 2.75) is 32.5 Å². The maximum Gasteiger partial charge on any atom is 0.326 e. The monoisotopic (exact) mass is 345 g/mol. The number of aromatic nitrogens is 1. The van der Waals surface area contributed by atoms with Gasteiger partial charge in [-0.1, -0.05) is 23.7 Å². The number of esters is 1. The highest BCUT2D eigenvalue weighted by Gasteiger charge is 2.33. The van der Waals surface area contributed by atoms with Crippen molar-refractivity contribution in [3.05, 3.63) is 53.2 Å². The van der Waals surface area contributed by atoms with Crippen LogP contribution in [-0.2, 0) is 9.53 Å². The number of hydrogen-bond donors (Lipinski definition) is 1. The maximum atomic E-state index is 12.3. The first-order chi connectivity index (χ1) is 11.3. The predicted octanol–water partition coefficient (Wildman–Crippen LogP) is 4.01. The van der Waals surface area contributed by atoms with Gasteiger partial charge in [0.1, 0.15) is 18.3 Å². The van der Waals surface area contributed by atoms with E-state index in [1.165, 1.54) is 0 Å². The Morgan fingerprint density at radius 2 is 2.00 bits per heavy atom. The zero-order valence-electron chi connectivity index (χ0n) is 13.9. The van der Waals surface area contributed by atoms with E-state index in [1.807, 2.05) is 62.1 Å². The molecule has 1 aliphatic rings. The highest BCUT2D eigenvalue weighted by atomic mass is 35.5. The molecule has 1 atom stereocenters. The number of rotatable bonds is 3. The van der Waals surface area contributed by atoms with Crippen molar-refractivity contribution in [3.63, 3.8) is 0 Å². The Labute approximate surface area is 146 Å². The summed E-state index contributed by atoms with van der Waals surface area (Å²) >= 11 is 5.98. The minimum atomic E-state index is -0.516. The zero-order chi connectivity index (χ0) is 17.3. The van der Waals surface area contributed by atoms with E-state index >= 15 is 0 Å². The van der Waals surface area contributed by atoms with Crippen LogP contribution in [0, 0.1) is 0 Å². The Balaban J connectivity index is 1.88. The summed E-state index contributed by atoms with van der Waals surface area (Å²) in [6.45, 7) is 5.72. The lowest BCUT2D eigenvalue weighted by atomic mass is 10.1. The molecule has 1 N–H and O–H groups in total. The summed E-state index contributed by atoms with van der Waals surface area (Å²) in [6, 6.07) is 11.3. The van der Waals surface area contributed by atoms with Gasteiger partial charge in [0.25, 0.3) is 0 Å². The number of fused-ring (bicyclic) bond motifs is 1. The number of ether oxygens (including phenoxy) is 1. The maximum absolute atomic E-state index is 12.3. The first-order valence-corrected chi connectivity index (χ1v) is 8.17. The zero-order valence-corrected chi connectivity index (χ0v) is 14.7. The molecule has 1 unspecified atom stereocenters. The summed E-state index contributed by atoms with van der Waals surface area (Å²) in [5.74, 6) is 0.473. The molecule has 3 rings (SSSR count). The number of nitrogens with zero attached hydrogens (tertiary/aromatic N) is 2. The molecule has 6 heteroatoms. The van der Waals surface area contributed by atoms with E-state index in [1.54, 1.807) is 6.20 Å². The summed E-state index contributed by atoms with van der Waals surface area (Å²) < 4.78 is 5.47. The number of halogens is 1. The van der Waals surface area contributed by atoms with Crippen molar-refractivity contribution >= 4 is 29.1 Å². The van der Waals surface area contributed by atoms with Crippen LogP contribution in [0.2, 0.25) is 5.02 Å². The molecule has 0 spiro atoms. The molecule has 0 bridgehead atoms. The van der Waals surface area contributed by atoms with Crippen LogP contribution in [-0.4, -0.2) is 23.1 Å². The number of nitrogens with one attached hydrogen (secondary N) is 1. The molecule has 1 aromatic heterocycles. The molecule has 0 fully saturated rings. The second-order valence-electron chi connectivity index (χ2n) is 6.68. The predicted molar refractivity (Wildman–Crippen MR) is 95.2 cm³/mol. The Kier molecular flexibility index (Phi) is 4.37. The van der Waals surface area contributed by atoms with Crippen LogP contribution in [0.1, 0.15) is 32.5 Å². The van der Waals surface area contributed by atoms with Gasteiger partial charge in [-0.05, 0) is 50.6 Å². The van der Waals surface area contributed by atoms with Crippen LogP contribution in [0.25, 0.3) is 0 Å². The first kappa shape index (κ1) is 16.6. The van der Waals surface area contributed by atoms with E-state index in [-0.39, 0.29) is 18.7 Å². The Bertz CT molecular complexity index is 741. The van der Waals surface area contributed by atoms with E-state index in [2.05, 4.69) is 10.3 Å². The standard InChI is InChI=1S/C18H20ClN3O2/c1-18(2,3)24-15(23)11-22-14-5-4-10-20-16(14)21-17(22)12-6-8-13(19)9-7-12/h4-10,17H,11H2,1-3H3,(H,20,21). The molecule has 0 aliphatic carbocycles. The van der Waals surface area contributed by atoms with Crippen LogP contribution in [0.4, 0.5) is 11.5 Å². The molecule has 126 valence electrons. The van der Waals surface area contributed by atoms with E-state index < -0.39 is 5.60 Å². The molecule has 0 saturated heterocycles. The van der Waals surface area contributed by atoms with Gasteiger partial charge in [0.2, 0.25) is 0 Å². The van der Waals surface area contributed by atoms with Gasteiger partial charge in [-0.3, -0.25) is 4.79 Å². The minimum absolute atomic E-state index is 0.135. The van der Waals surface area contributed by atoms with E-state index in [4.69, 9.17) is 16.3 Å². The van der Waals surface area contributed by atoms with Crippen molar-refractivity contribution in [1.29, 1.82) is 0 Å². The van der Waals surface area contributed by atoms with Gasteiger partial charge in [-0.25, -0.2) is 4.98 Å². The Morgan fingerprint density at radius 1 is 1.29 bits per heavy atom. The van der Waals surface area contributed by atoms with Gasteiger partial charge in [-0.2, -0.15) is 0 Å². The number of benzene rings is 1. The quantitative estimate of drug-likeness (QED) is 0.852. The summed E-state index contributed by atoms with van der Waals surface area (Å²) in [4.78, 5) is 18.6. The normalized spacial score (nSPS) is 16.5. The highest BCUT2D eigenvalue weighted by molar-refractivity contribution is 6.30. The van der Waals surface area contributed by atoms with Crippen LogP contribution >= 0.6 is 11.6 Å². The van der Waals surface area contributed by atoms with Gasteiger partial charge in [0, 0.05) is 11.2 Å². The lowest BCUT2D eigenvalue weighted by Gasteiger charge is -2.28. The lowest BCUT2D eigenvalue weighted by molar-refractivity contribution is -0.153. The number of hydrogen-bond acceptors (Lipinski definition) is 5. The van der Waals surface area contributed by atoms with Crippen LogP contribution in [0.5, 0.6) is 0 Å². The fraction of sp³-hybridized carbons (Fsp3) is 0.333. The van der Waals surface area contributed by atoms with Gasteiger partial charge in [0.15, 0.2) is 5.82 Å². The van der Waals surface area contributed by atoms with Crippen LogP contribution in [0.3, 0.4) is 0 Å². The second-order valence-corrected chi connectivity index (χ2v) is 7.12. The fourth-order valence-corrected chi connectivity index (χ4v) is 2.81. The molecule has 24 heavy (non-hydrogen) atoms. The summed E-state index contributed by atoms with van der Waals surface area (Å²) in [5, 5.41) is 4.02. The molecule has 2 heterocycles. The third-order valence-electron chi connectivity index (χ3n) is 3.59. The fourth-order valence-electron chi connectivity index (χ4n) is 2.68. The number of pyridine rings is 1. The first-order valence-electron chi connectivity index (χ1n) is 7.79. The molecule has 2 aromatic rings. The van der Waals surface area contributed by atoms with Crippen molar-refractivity contribution in [1.82, 2.24) is 4.98 Å². The summed E-state index contributed by atoms with van der Waals surface area (Å²) in [5.41, 5.74) is 1.36. The number of carbonyl (C=O) groups excluding carboxylic acids is 1. The average molecular weight is 346 g/mol. The number of anilines is 2. The Morgan fingerprint density at radius 3 is 2.67 bits per heavy atom. The average Bonchev–Trinajstić information content (AvgIpc) is 2.85. The molecule has 0 radical (unpaired) electrons. The highest BCUT2D eigenvalue weighted by Crippen LogP contribution is 2.39. The third-order valence-corrected chi connectivity index (χ3v) is 3.84. The lowest BCUT2D eigenvalue weighted by Crippen LogP contribution is -2.36. The van der Waals surface area contributed by atoms with Gasteiger partial charge < -0.3 is 15.0 Å². The van der Waals surface area contributed by atoms with E-state index in [0.29, 0.717) is 5.02 Å². The SMILES string of the molecule is CC(C)(C)OC(=O)CN1c2cccnc2NC1c1ccc(Cl)cc1. The molecular weight excluding hydrogens is 326 g/mol. The van der Waals surface area contributed by atoms with Gasteiger partial charge >= 0.3 is 5.97 Å². The molecular formula is C18H20ClN3O2. The topological polar surface area (TPSA) is 54.5 Å². The molecule has 0 saturated carbocycles. The molecule has 1 aromatic carbocycles. The number of carbonyl (C=O) groups is 1. The smallest absolute Gasteiger partial charge is 0.326 e. The third kappa shape index (κ3) is 3.62. The van der Waals surface area contributed by atoms with Gasteiger partial charge in [0.05, 0.1) is 5.69 Å². The molecule has 0 amide bonds. The van der Waals surface area contributed by atoms with Crippen molar-refractivity contribution in [3.8, 4) is 0 Å². The van der Waals surface area contributed by atoms with Crippen molar-refractivity contribution in [2.75, 3.05) is 16.8 Å². The van der Waals surface area contributed by atoms with E-state index in [0.717, 1.165) is 17.1 Å². The molecule has 5 nitrogen and oxygen atoms in total. The largest absolute Gasteiger partial charge is 0.459 e. The second kappa shape index (κ2) is 6.32. The molecule has 1 aliphatic heterocycles. The summed E-state index contributed by atoms with van der Waals surface area (Å²) in [7, 11) is 0. The Hall–Kier alpha value is -2.27. The van der Waals surface area contributed by atoms with Gasteiger partial charge in [-0.15, -0.1) is 0 Å². The summed E-state index contributed by atoms with van der Waals surface area (Å²) in [6.07, 6.45) is 1.53. The van der Waals surface area contributed by atoms with E-state index in [9.17, 15) is 4.79 Å².